The highest BCUT2D eigenvalue weighted by Gasteiger charge is 2.59. The highest BCUT2D eigenvalue weighted by atomic mass is 32.2. The van der Waals surface area contributed by atoms with Crippen molar-refractivity contribution in [2.24, 2.45) is 11.7 Å². The van der Waals surface area contributed by atoms with Crippen molar-refractivity contribution >= 4 is 15.9 Å². The predicted octanol–water partition coefficient (Wildman–Crippen LogP) is 1.65. The summed E-state index contributed by atoms with van der Waals surface area (Å²) < 4.78 is 99.4. The fraction of sp³-hybridized carbons (Fsp3) is 0.333. The van der Waals surface area contributed by atoms with E-state index in [0.717, 1.165) is 6.39 Å². The van der Waals surface area contributed by atoms with E-state index in [4.69, 9.17) is 10.2 Å². The van der Waals surface area contributed by atoms with Gasteiger partial charge in [0.2, 0.25) is 15.8 Å². The van der Waals surface area contributed by atoms with E-state index < -0.39 is 67.8 Å². The van der Waals surface area contributed by atoms with Gasteiger partial charge in [0.15, 0.2) is 40.3 Å². The molecule has 2 aromatic rings. The SMILES string of the molecule is NC(=O)c1ncoc1C1C2CC1N(S(=O)(=O)c1c(F)c(F)c(F)c(F)c1F)C2. The van der Waals surface area contributed by atoms with Gasteiger partial charge in [0.05, 0.1) is 0 Å². The molecule has 1 aromatic carbocycles. The number of aromatic nitrogens is 1. The number of hydrogen-bond acceptors (Lipinski definition) is 5. The molecule has 2 saturated heterocycles. The molecule has 3 unspecified atom stereocenters. The molecule has 5 rings (SSSR count). The Bertz CT molecular complexity index is 1090. The minimum Gasteiger partial charge on any atom is -0.447 e. The van der Waals surface area contributed by atoms with E-state index in [0.29, 0.717) is 4.31 Å². The third-order valence-electron chi connectivity index (χ3n) is 5.12. The van der Waals surface area contributed by atoms with Crippen LogP contribution in [-0.4, -0.2) is 36.2 Å². The van der Waals surface area contributed by atoms with Crippen molar-refractivity contribution in [3.63, 3.8) is 0 Å². The molecule has 13 heteroatoms. The molecule has 0 spiro atoms. The van der Waals surface area contributed by atoms with Gasteiger partial charge < -0.3 is 10.2 Å². The number of nitrogens with zero attached hydrogens (tertiary/aromatic N) is 2. The van der Waals surface area contributed by atoms with Crippen molar-refractivity contribution < 1.29 is 39.6 Å². The zero-order valence-corrected chi connectivity index (χ0v) is 14.4. The molecule has 28 heavy (non-hydrogen) atoms. The first-order chi connectivity index (χ1) is 13.1. The second kappa shape index (κ2) is 5.98. The molecule has 3 heterocycles. The maximum absolute atomic E-state index is 14.0. The fourth-order valence-corrected chi connectivity index (χ4v) is 5.67. The van der Waals surface area contributed by atoms with Crippen molar-refractivity contribution in [3.8, 4) is 0 Å². The Labute approximate surface area is 154 Å². The number of hydrogen-bond donors (Lipinski definition) is 1. The molecule has 3 fully saturated rings. The van der Waals surface area contributed by atoms with E-state index in [2.05, 4.69) is 4.98 Å². The maximum atomic E-state index is 14.0. The van der Waals surface area contributed by atoms with Crippen molar-refractivity contribution in [2.45, 2.75) is 23.3 Å². The van der Waals surface area contributed by atoms with E-state index in [9.17, 15) is 35.2 Å². The number of sulfonamides is 1. The fourth-order valence-electron chi connectivity index (χ4n) is 3.84. The zero-order valence-electron chi connectivity index (χ0n) is 13.6. The van der Waals surface area contributed by atoms with E-state index in [1.807, 2.05) is 0 Å². The van der Waals surface area contributed by atoms with Crippen LogP contribution >= 0.6 is 0 Å². The van der Waals surface area contributed by atoms with Crippen LogP contribution in [0, 0.1) is 35.0 Å². The average Bonchev–Trinajstić information content (AvgIpc) is 3.32. The molecule has 2 aliphatic heterocycles. The maximum Gasteiger partial charge on any atom is 0.270 e. The molecular formula is C15H10F5N3O4S. The molecular weight excluding hydrogens is 413 g/mol. The van der Waals surface area contributed by atoms with Gasteiger partial charge in [0.1, 0.15) is 5.76 Å². The number of halogens is 5. The Morgan fingerprint density at radius 2 is 1.68 bits per heavy atom. The number of fused-ring (bicyclic) bond motifs is 1. The number of benzene rings is 1. The van der Waals surface area contributed by atoms with Crippen LogP contribution in [0.15, 0.2) is 15.7 Å². The average molecular weight is 423 g/mol. The summed E-state index contributed by atoms with van der Waals surface area (Å²) in [5, 5.41) is 0. The van der Waals surface area contributed by atoms with Crippen LogP contribution < -0.4 is 5.73 Å². The van der Waals surface area contributed by atoms with Crippen LogP contribution in [0.4, 0.5) is 22.0 Å². The summed E-state index contributed by atoms with van der Waals surface area (Å²) in [6, 6.07) is -0.906. The lowest BCUT2D eigenvalue weighted by Crippen LogP contribution is -2.41. The highest BCUT2D eigenvalue weighted by molar-refractivity contribution is 7.89. The summed E-state index contributed by atoms with van der Waals surface area (Å²) in [5.74, 6) is -14.0. The zero-order chi connectivity index (χ0) is 20.5. The quantitative estimate of drug-likeness (QED) is 0.457. The summed E-state index contributed by atoms with van der Waals surface area (Å²) in [5.41, 5.74) is 4.96. The third kappa shape index (κ3) is 2.32. The Balaban J connectivity index is 1.76. The molecule has 2 N–H and O–H groups in total. The lowest BCUT2D eigenvalue weighted by molar-refractivity contribution is 0.0991. The van der Waals surface area contributed by atoms with Gasteiger partial charge in [-0.15, -0.1) is 0 Å². The summed E-state index contributed by atoms with van der Waals surface area (Å²) in [7, 11) is -5.07. The third-order valence-corrected chi connectivity index (χ3v) is 7.03. The number of primary amides is 1. The summed E-state index contributed by atoms with van der Waals surface area (Å²) >= 11 is 0. The Morgan fingerprint density at radius 1 is 1.11 bits per heavy atom. The number of nitrogens with two attached hydrogens (primary N) is 1. The van der Waals surface area contributed by atoms with Gasteiger partial charge >= 0.3 is 0 Å². The number of carbonyl (C=O) groups excluding carboxylic acids is 1. The van der Waals surface area contributed by atoms with Crippen molar-refractivity contribution in [3.05, 3.63) is 46.9 Å². The van der Waals surface area contributed by atoms with Gasteiger partial charge in [-0.2, -0.15) is 4.31 Å². The topological polar surface area (TPSA) is 106 Å². The van der Waals surface area contributed by atoms with Crippen LogP contribution in [-0.2, 0) is 10.0 Å². The lowest BCUT2D eigenvalue weighted by atomic mass is 9.72. The number of amides is 1. The van der Waals surface area contributed by atoms with Crippen LogP contribution in [0.5, 0.6) is 0 Å². The van der Waals surface area contributed by atoms with Crippen molar-refractivity contribution in [1.29, 1.82) is 0 Å². The summed E-state index contributed by atoms with van der Waals surface area (Å²) in [4.78, 5) is 13.1. The second-order valence-corrected chi connectivity index (χ2v) is 8.32. The summed E-state index contributed by atoms with van der Waals surface area (Å²) in [6.07, 6.45) is 1.19. The molecule has 3 aliphatic rings. The Hall–Kier alpha value is -2.54. The molecule has 1 aliphatic carbocycles. The van der Waals surface area contributed by atoms with E-state index in [1.165, 1.54) is 0 Å². The minimum absolute atomic E-state index is 0.0175. The van der Waals surface area contributed by atoms with E-state index in [-0.39, 0.29) is 24.4 Å². The predicted molar refractivity (Wildman–Crippen MR) is 79.8 cm³/mol. The smallest absolute Gasteiger partial charge is 0.270 e. The van der Waals surface area contributed by atoms with Crippen molar-refractivity contribution in [2.75, 3.05) is 6.54 Å². The Kier molecular flexibility index (Phi) is 4.01. The number of rotatable bonds is 4. The van der Waals surface area contributed by atoms with Crippen LogP contribution in [0.25, 0.3) is 0 Å². The van der Waals surface area contributed by atoms with Gasteiger partial charge in [-0.1, -0.05) is 0 Å². The van der Waals surface area contributed by atoms with Crippen LogP contribution in [0.3, 0.4) is 0 Å². The molecule has 1 amide bonds. The highest BCUT2D eigenvalue weighted by Crippen LogP contribution is 2.54. The van der Waals surface area contributed by atoms with Gasteiger partial charge in [0, 0.05) is 18.5 Å². The minimum atomic E-state index is -5.07. The van der Waals surface area contributed by atoms with E-state index >= 15 is 0 Å². The van der Waals surface area contributed by atoms with Gasteiger partial charge in [-0.25, -0.2) is 35.4 Å². The Morgan fingerprint density at radius 3 is 2.25 bits per heavy atom. The van der Waals surface area contributed by atoms with Crippen LogP contribution in [0.2, 0.25) is 0 Å². The van der Waals surface area contributed by atoms with Crippen molar-refractivity contribution in [1.82, 2.24) is 9.29 Å². The largest absolute Gasteiger partial charge is 0.447 e. The molecule has 1 aromatic heterocycles. The number of carbonyl (C=O) groups is 1. The lowest BCUT2D eigenvalue weighted by Gasteiger charge is -2.34. The molecule has 7 nitrogen and oxygen atoms in total. The normalized spacial score (nSPS) is 24.4. The first kappa shape index (κ1) is 18.8. The van der Waals surface area contributed by atoms with Gasteiger partial charge in [-0.05, 0) is 12.3 Å². The standard InChI is InChI=1S/C15H10F5N3O4S/c16-7-8(17)10(19)14(11(20)9(7)18)28(25,26)23-2-4-1-5(23)6(4)13-12(15(21)24)22-3-27-13/h3-6H,1-2H2,(H2,21,24). The monoisotopic (exact) mass is 423 g/mol. The molecule has 0 radical (unpaired) electrons. The number of oxazole rings is 1. The molecule has 3 atom stereocenters. The van der Waals surface area contributed by atoms with Gasteiger partial charge in [-0.3, -0.25) is 4.79 Å². The molecule has 1 saturated carbocycles. The van der Waals surface area contributed by atoms with E-state index in [1.54, 1.807) is 0 Å². The first-order valence-corrected chi connectivity index (χ1v) is 9.27. The first-order valence-electron chi connectivity index (χ1n) is 7.83. The van der Waals surface area contributed by atoms with Crippen LogP contribution in [0.1, 0.15) is 28.6 Å². The summed E-state index contributed by atoms with van der Waals surface area (Å²) in [6.45, 7) is -0.254. The van der Waals surface area contributed by atoms with Gasteiger partial charge in [0.25, 0.3) is 5.91 Å². The second-order valence-electron chi connectivity index (χ2n) is 6.49. The molecule has 150 valence electrons. The molecule has 2 bridgehead atoms.